The van der Waals surface area contributed by atoms with Crippen molar-refractivity contribution in [3.8, 4) is 22.8 Å². The van der Waals surface area contributed by atoms with Crippen molar-refractivity contribution in [3.63, 3.8) is 0 Å². The number of carbonyl (C=O) groups is 1. The molecule has 32 heavy (non-hydrogen) atoms. The van der Waals surface area contributed by atoms with E-state index in [0.717, 1.165) is 36.3 Å². The number of carboxylic acid groups (broad SMARTS) is 1. The monoisotopic (exact) mass is 425 g/mol. The summed E-state index contributed by atoms with van der Waals surface area (Å²) < 4.78 is 11.0. The highest BCUT2D eigenvalue weighted by Gasteiger charge is 2.25. The van der Waals surface area contributed by atoms with E-state index >= 15 is 0 Å². The minimum Gasteiger partial charge on any atom is -0.478 e. The molecule has 3 aromatic carbocycles. The molecule has 0 saturated heterocycles. The number of anilines is 2. The Morgan fingerprint density at radius 2 is 1.81 bits per heavy atom. The van der Waals surface area contributed by atoms with Crippen LogP contribution in [0.25, 0.3) is 22.3 Å². The van der Waals surface area contributed by atoms with Crippen LogP contribution in [0.3, 0.4) is 0 Å². The molecule has 0 unspecified atom stereocenters. The zero-order chi connectivity index (χ0) is 21.7. The van der Waals surface area contributed by atoms with Crippen molar-refractivity contribution in [2.45, 2.75) is 12.8 Å². The van der Waals surface area contributed by atoms with Gasteiger partial charge in [0, 0.05) is 17.8 Å². The van der Waals surface area contributed by atoms with Crippen LogP contribution < -0.4 is 14.4 Å². The zero-order valence-electron chi connectivity index (χ0n) is 17.1. The summed E-state index contributed by atoms with van der Waals surface area (Å²) in [4.78, 5) is 23.6. The summed E-state index contributed by atoms with van der Waals surface area (Å²) in [6.45, 7) is 1.000. The van der Waals surface area contributed by atoms with Gasteiger partial charge in [-0.05, 0) is 60.9 Å². The van der Waals surface area contributed by atoms with Crippen molar-refractivity contribution >= 4 is 28.5 Å². The lowest BCUT2D eigenvalue weighted by molar-refractivity contribution is 0.0697. The fraction of sp³-hybridized carbons (Fsp3) is 0.160. The lowest BCUT2D eigenvalue weighted by atomic mass is 10.0. The van der Waals surface area contributed by atoms with Crippen LogP contribution in [0, 0.1) is 0 Å². The Balaban J connectivity index is 1.59. The van der Waals surface area contributed by atoms with Crippen molar-refractivity contribution < 1.29 is 19.4 Å². The summed E-state index contributed by atoms with van der Waals surface area (Å²) in [6.07, 6.45) is 2.00. The van der Waals surface area contributed by atoms with Crippen LogP contribution in [0.4, 0.5) is 11.5 Å². The Bertz CT molecular complexity index is 1390. The minimum absolute atomic E-state index is 0.188. The molecule has 0 radical (unpaired) electrons. The maximum atomic E-state index is 11.5. The van der Waals surface area contributed by atoms with E-state index in [-0.39, 0.29) is 12.4 Å². The van der Waals surface area contributed by atoms with Crippen LogP contribution in [0.5, 0.6) is 11.5 Å². The molecule has 7 nitrogen and oxygen atoms in total. The average Bonchev–Trinajstić information content (AvgIpc) is 3.30. The maximum absolute atomic E-state index is 11.5. The van der Waals surface area contributed by atoms with E-state index < -0.39 is 5.97 Å². The molecule has 4 aromatic rings. The molecule has 0 fully saturated rings. The Hall–Kier alpha value is -4.13. The Morgan fingerprint density at radius 1 is 0.938 bits per heavy atom. The molecule has 0 saturated carbocycles. The van der Waals surface area contributed by atoms with E-state index in [4.69, 9.17) is 19.4 Å². The molecular weight excluding hydrogens is 406 g/mol. The van der Waals surface area contributed by atoms with Gasteiger partial charge in [0.25, 0.3) is 0 Å². The molecule has 2 aliphatic rings. The molecule has 0 amide bonds. The lowest BCUT2D eigenvalue weighted by Gasteiger charge is -2.31. The first-order valence-corrected chi connectivity index (χ1v) is 10.5. The van der Waals surface area contributed by atoms with Gasteiger partial charge in [-0.25, -0.2) is 14.8 Å². The Labute approximate surface area is 183 Å². The summed E-state index contributed by atoms with van der Waals surface area (Å²) in [6, 6.07) is 18.9. The van der Waals surface area contributed by atoms with E-state index in [1.54, 1.807) is 18.2 Å². The first kappa shape index (κ1) is 18.6. The van der Waals surface area contributed by atoms with Gasteiger partial charge in [-0.2, -0.15) is 0 Å². The number of aromatic carboxylic acids is 1. The molecule has 7 heteroatoms. The number of hydrogen-bond acceptors (Lipinski definition) is 6. The molecule has 0 aliphatic carbocycles. The van der Waals surface area contributed by atoms with E-state index in [1.165, 1.54) is 5.56 Å². The first-order valence-electron chi connectivity index (χ1n) is 10.5. The third kappa shape index (κ3) is 3.01. The molecule has 0 bridgehead atoms. The van der Waals surface area contributed by atoms with Crippen molar-refractivity contribution in [1.82, 2.24) is 9.97 Å². The third-order valence-corrected chi connectivity index (χ3v) is 5.90. The van der Waals surface area contributed by atoms with Crippen molar-refractivity contribution in [1.29, 1.82) is 0 Å². The molecule has 6 rings (SSSR count). The molecule has 0 spiro atoms. The second-order valence-corrected chi connectivity index (χ2v) is 7.86. The number of hydrogen-bond donors (Lipinski definition) is 1. The van der Waals surface area contributed by atoms with E-state index in [1.807, 2.05) is 30.3 Å². The molecule has 1 aromatic heterocycles. The van der Waals surface area contributed by atoms with E-state index in [9.17, 15) is 9.90 Å². The fourth-order valence-corrected chi connectivity index (χ4v) is 4.36. The van der Waals surface area contributed by atoms with E-state index in [0.29, 0.717) is 28.4 Å². The standard InChI is InChI=1S/C25H19N3O4/c29-25(30)17-7-9-18-19(12-17)27-24(28-11-3-5-15-4-1-2-6-20(15)28)23(26-18)16-8-10-21-22(13-16)32-14-31-21/h1-2,4,6-10,12-13H,3,5,11,14H2,(H,29,30). The van der Waals surface area contributed by atoms with Gasteiger partial charge < -0.3 is 19.5 Å². The zero-order valence-corrected chi connectivity index (χ0v) is 17.1. The lowest BCUT2D eigenvalue weighted by Crippen LogP contribution is -2.26. The summed E-state index contributed by atoms with van der Waals surface area (Å²) in [5.74, 6) is 1.10. The Kier molecular flexibility index (Phi) is 4.21. The predicted octanol–water partition coefficient (Wildman–Crippen LogP) is 4.81. The van der Waals surface area contributed by atoms with Gasteiger partial charge in [0.2, 0.25) is 6.79 Å². The number of carboxylic acids is 1. The van der Waals surface area contributed by atoms with Gasteiger partial charge in [0.15, 0.2) is 17.3 Å². The van der Waals surface area contributed by atoms with Crippen molar-refractivity contribution in [3.05, 3.63) is 71.8 Å². The number of rotatable bonds is 3. The van der Waals surface area contributed by atoms with Gasteiger partial charge in [-0.1, -0.05) is 18.2 Å². The molecule has 2 aliphatic heterocycles. The van der Waals surface area contributed by atoms with Crippen LogP contribution in [-0.4, -0.2) is 34.4 Å². The number of para-hydroxylation sites is 1. The summed E-state index contributed by atoms with van der Waals surface area (Å²) in [5.41, 5.74) is 5.32. The van der Waals surface area contributed by atoms with Gasteiger partial charge >= 0.3 is 5.97 Å². The number of ether oxygens (including phenoxy) is 2. The third-order valence-electron chi connectivity index (χ3n) is 5.90. The predicted molar refractivity (Wildman–Crippen MR) is 120 cm³/mol. The second-order valence-electron chi connectivity index (χ2n) is 7.86. The average molecular weight is 425 g/mol. The smallest absolute Gasteiger partial charge is 0.335 e. The number of fused-ring (bicyclic) bond motifs is 3. The molecular formula is C25H19N3O4. The molecule has 0 atom stereocenters. The van der Waals surface area contributed by atoms with Crippen LogP contribution in [0.2, 0.25) is 0 Å². The number of aryl methyl sites for hydroxylation is 1. The van der Waals surface area contributed by atoms with Crippen molar-refractivity contribution in [2.75, 3.05) is 18.2 Å². The maximum Gasteiger partial charge on any atom is 0.335 e. The highest BCUT2D eigenvalue weighted by Crippen LogP contribution is 2.41. The molecule has 158 valence electrons. The Morgan fingerprint density at radius 3 is 2.72 bits per heavy atom. The fourth-order valence-electron chi connectivity index (χ4n) is 4.36. The largest absolute Gasteiger partial charge is 0.478 e. The SMILES string of the molecule is O=C(O)c1ccc2nc(-c3ccc4c(c3)OCO4)c(N3CCCc4ccccc43)nc2c1. The van der Waals surface area contributed by atoms with Crippen LogP contribution in [0.1, 0.15) is 22.3 Å². The number of nitrogens with zero attached hydrogens (tertiary/aromatic N) is 3. The van der Waals surface area contributed by atoms with Crippen LogP contribution in [0.15, 0.2) is 60.7 Å². The highest BCUT2D eigenvalue weighted by atomic mass is 16.7. The van der Waals surface area contributed by atoms with Gasteiger partial charge in [-0.15, -0.1) is 0 Å². The molecule has 3 heterocycles. The topological polar surface area (TPSA) is 84.8 Å². The van der Waals surface area contributed by atoms with Crippen LogP contribution in [-0.2, 0) is 6.42 Å². The normalized spacial score (nSPS) is 14.4. The summed E-state index contributed by atoms with van der Waals surface area (Å²) in [5, 5.41) is 9.43. The number of aromatic nitrogens is 2. The van der Waals surface area contributed by atoms with E-state index in [2.05, 4.69) is 17.0 Å². The van der Waals surface area contributed by atoms with Gasteiger partial charge in [0.05, 0.1) is 16.6 Å². The van der Waals surface area contributed by atoms with Crippen LogP contribution >= 0.6 is 0 Å². The summed E-state index contributed by atoms with van der Waals surface area (Å²) >= 11 is 0. The quantitative estimate of drug-likeness (QED) is 0.504. The second kappa shape index (κ2) is 7.23. The van der Waals surface area contributed by atoms with Gasteiger partial charge in [-0.3, -0.25) is 0 Å². The molecule has 1 N–H and O–H groups in total. The van der Waals surface area contributed by atoms with Crippen molar-refractivity contribution in [2.24, 2.45) is 0 Å². The number of benzene rings is 3. The minimum atomic E-state index is -0.988. The highest BCUT2D eigenvalue weighted by molar-refractivity contribution is 5.94. The first-order chi connectivity index (χ1) is 15.7. The van der Waals surface area contributed by atoms with Gasteiger partial charge in [0.1, 0.15) is 5.69 Å². The summed E-state index contributed by atoms with van der Waals surface area (Å²) in [7, 11) is 0.